The van der Waals surface area contributed by atoms with Crippen molar-refractivity contribution in [3.05, 3.63) is 28.2 Å². The Labute approximate surface area is 138 Å². The molecule has 2 N–H and O–H groups in total. The average Bonchev–Trinajstić information content (AvgIpc) is 2.99. The number of halogens is 1. The maximum absolute atomic E-state index is 5.51. The third-order valence-electron chi connectivity index (χ3n) is 3.08. The summed E-state index contributed by atoms with van der Waals surface area (Å²) in [6.45, 7) is 1.55. The Morgan fingerprint density at radius 1 is 1.62 bits per heavy atom. The summed E-state index contributed by atoms with van der Waals surface area (Å²) >= 11 is 8.58. The van der Waals surface area contributed by atoms with Gasteiger partial charge < -0.3 is 14.8 Å². The lowest BCUT2D eigenvalue weighted by Crippen LogP contribution is -2.37. The van der Waals surface area contributed by atoms with Gasteiger partial charge in [0.2, 0.25) is 0 Å². The third-order valence-corrected chi connectivity index (χ3v) is 3.80. The van der Waals surface area contributed by atoms with Crippen molar-refractivity contribution >= 4 is 39.5 Å². The maximum Gasteiger partial charge on any atom is 0.187 e. The summed E-state index contributed by atoms with van der Waals surface area (Å²) < 4.78 is 11.7. The zero-order chi connectivity index (χ0) is 15.1. The quantitative estimate of drug-likeness (QED) is 0.473. The van der Waals surface area contributed by atoms with E-state index in [9.17, 15) is 0 Å². The molecule has 1 fully saturated rings. The number of rotatable bonds is 5. The van der Waals surface area contributed by atoms with Crippen molar-refractivity contribution in [2.45, 2.75) is 18.9 Å². The molecule has 1 aromatic carbocycles. The van der Waals surface area contributed by atoms with Crippen LogP contribution in [0.3, 0.4) is 0 Å². The van der Waals surface area contributed by atoms with Crippen LogP contribution in [0.5, 0.6) is 5.75 Å². The van der Waals surface area contributed by atoms with Crippen molar-refractivity contribution in [3.63, 3.8) is 0 Å². The number of hydrazone groups is 1. The van der Waals surface area contributed by atoms with Crippen LogP contribution in [-0.2, 0) is 4.74 Å². The Hall–Kier alpha value is -1.18. The number of nitrogens with one attached hydrogen (secondary N) is 2. The molecule has 0 amide bonds. The molecule has 1 aromatic rings. The molecule has 7 heteroatoms. The van der Waals surface area contributed by atoms with Crippen LogP contribution in [0.15, 0.2) is 27.8 Å². The molecule has 1 aliphatic rings. The summed E-state index contributed by atoms with van der Waals surface area (Å²) in [5.74, 6) is 0.752. The molecule has 0 aliphatic carbocycles. The highest BCUT2D eigenvalue weighted by Gasteiger charge is 2.14. The van der Waals surface area contributed by atoms with Crippen molar-refractivity contribution in [2.75, 3.05) is 20.3 Å². The van der Waals surface area contributed by atoms with Crippen LogP contribution in [0.1, 0.15) is 18.4 Å². The van der Waals surface area contributed by atoms with Gasteiger partial charge in [-0.15, -0.1) is 0 Å². The Balaban J connectivity index is 1.81. The smallest absolute Gasteiger partial charge is 0.187 e. The molecular weight excluding hydrogens is 354 g/mol. The van der Waals surface area contributed by atoms with Gasteiger partial charge in [0.15, 0.2) is 5.11 Å². The largest absolute Gasteiger partial charge is 0.496 e. The molecule has 2 rings (SSSR count). The SMILES string of the molecule is COc1ccc(Br)cc1/C=N\NC(=S)NC[C@@H]1CCCO1. The van der Waals surface area contributed by atoms with E-state index in [4.69, 9.17) is 21.7 Å². The lowest BCUT2D eigenvalue weighted by molar-refractivity contribution is 0.114. The van der Waals surface area contributed by atoms with Gasteiger partial charge in [-0.25, -0.2) is 0 Å². The summed E-state index contributed by atoms with van der Waals surface area (Å²) in [5, 5.41) is 7.69. The topological polar surface area (TPSA) is 54.9 Å². The van der Waals surface area contributed by atoms with Crippen LogP contribution >= 0.6 is 28.1 Å². The van der Waals surface area contributed by atoms with Gasteiger partial charge in [0.1, 0.15) is 5.75 Å². The molecule has 5 nitrogen and oxygen atoms in total. The highest BCUT2D eigenvalue weighted by Crippen LogP contribution is 2.21. The van der Waals surface area contributed by atoms with Gasteiger partial charge in [-0.1, -0.05) is 15.9 Å². The van der Waals surface area contributed by atoms with Crippen LogP contribution in [-0.4, -0.2) is 37.7 Å². The first-order valence-corrected chi connectivity index (χ1v) is 7.91. The minimum atomic E-state index is 0.249. The number of methoxy groups -OCH3 is 1. The second-order valence-electron chi connectivity index (χ2n) is 4.60. The zero-order valence-corrected chi connectivity index (χ0v) is 14.2. The Bertz CT molecular complexity index is 519. The zero-order valence-electron chi connectivity index (χ0n) is 11.8. The molecule has 0 radical (unpaired) electrons. The molecule has 0 saturated carbocycles. The molecule has 0 unspecified atom stereocenters. The molecule has 0 aromatic heterocycles. The Morgan fingerprint density at radius 3 is 3.19 bits per heavy atom. The van der Waals surface area contributed by atoms with E-state index < -0.39 is 0 Å². The molecule has 1 atom stereocenters. The first-order chi connectivity index (χ1) is 10.2. The predicted molar refractivity (Wildman–Crippen MR) is 91.0 cm³/mol. The summed E-state index contributed by atoms with van der Waals surface area (Å²) in [6.07, 6.45) is 4.12. The lowest BCUT2D eigenvalue weighted by Gasteiger charge is -2.11. The van der Waals surface area contributed by atoms with Gasteiger partial charge in [-0.2, -0.15) is 5.10 Å². The summed E-state index contributed by atoms with van der Waals surface area (Å²) in [4.78, 5) is 0. The van der Waals surface area contributed by atoms with E-state index >= 15 is 0 Å². The minimum absolute atomic E-state index is 0.249. The van der Waals surface area contributed by atoms with Crippen molar-refractivity contribution in [1.29, 1.82) is 0 Å². The second kappa shape index (κ2) is 8.31. The van der Waals surface area contributed by atoms with E-state index in [-0.39, 0.29) is 6.10 Å². The lowest BCUT2D eigenvalue weighted by atomic mass is 10.2. The van der Waals surface area contributed by atoms with Crippen LogP contribution in [0.4, 0.5) is 0 Å². The second-order valence-corrected chi connectivity index (χ2v) is 5.93. The van der Waals surface area contributed by atoms with Crippen molar-refractivity contribution in [3.8, 4) is 5.75 Å². The van der Waals surface area contributed by atoms with Gasteiger partial charge in [-0.3, -0.25) is 5.43 Å². The Kier molecular flexibility index (Phi) is 6.41. The van der Waals surface area contributed by atoms with Gasteiger partial charge in [-0.05, 0) is 43.3 Å². The van der Waals surface area contributed by atoms with Gasteiger partial charge in [0.05, 0.1) is 19.4 Å². The summed E-state index contributed by atoms with van der Waals surface area (Å²) in [7, 11) is 1.63. The fraction of sp³-hybridized carbons (Fsp3) is 0.429. The van der Waals surface area contributed by atoms with E-state index in [1.54, 1.807) is 13.3 Å². The van der Waals surface area contributed by atoms with E-state index in [2.05, 4.69) is 31.8 Å². The van der Waals surface area contributed by atoms with Gasteiger partial charge >= 0.3 is 0 Å². The first-order valence-electron chi connectivity index (χ1n) is 6.71. The molecule has 21 heavy (non-hydrogen) atoms. The standard InChI is InChI=1S/C14H18BrN3O2S/c1-19-13-5-4-11(15)7-10(13)8-17-18-14(21)16-9-12-3-2-6-20-12/h4-5,7-8,12H,2-3,6,9H2,1H3,(H2,16,18,21)/b17-8-/t12-/m0/s1. The minimum Gasteiger partial charge on any atom is -0.496 e. The molecule has 0 bridgehead atoms. The van der Waals surface area contributed by atoms with Crippen LogP contribution in [0, 0.1) is 0 Å². The molecular formula is C14H18BrN3O2S. The van der Waals surface area contributed by atoms with Crippen molar-refractivity contribution in [2.24, 2.45) is 5.10 Å². The molecule has 0 spiro atoms. The van der Waals surface area contributed by atoms with E-state index in [1.165, 1.54) is 0 Å². The van der Waals surface area contributed by atoms with Crippen LogP contribution < -0.4 is 15.5 Å². The summed E-state index contributed by atoms with van der Waals surface area (Å²) in [5.41, 5.74) is 3.65. The molecule has 1 saturated heterocycles. The number of ether oxygens (including phenoxy) is 2. The molecule has 114 valence electrons. The number of thiocarbonyl (C=S) groups is 1. The monoisotopic (exact) mass is 371 g/mol. The fourth-order valence-electron chi connectivity index (χ4n) is 2.02. The number of hydrogen-bond donors (Lipinski definition) is 2. The number of nitrogens with zero attached hydrogens (tertiary/aromatic N) is 1. The van der Waals surface area contributed by atoms with E-state index in [1.807, 2.05) is 18.2 Å². The van der Waals surface area contributed by atoms with E-state index in [0.717, 1.165) is 35.2 Å². The first kappa shape index (κ1) is 16.2. The normalized spacial score (nSPS) is 17.9. The third kappa shape index (κ3) is 5.26. The van der Waals surface area contributed by atoms with Gasteiger partial charge in [0.25, 0.3) is 0 Å². The Morgan fingerprint density at radius 2 is 2.48 bits per heavy atom. The number of hydrogen-bond acceptors (Lipinski definition) is 4. The average molecular weight is 372 g/mol. The molecule has 1 heterocycles. The van der Waals surface area contributed by atoms with E-state index in [0.29, 0.717) is 11.7 Å². The highest BCUT2D eigenvalue weighted by molar-refractivity contribution is 9.10. The van der Waals surface area contributed by atoms with Crippen molar-refractivity contribution < 1.29 is 9.47 Å². The van der Waals surface area contributed by atoms with Crippen LogP contribution in [0.2, 0.25) is 0 Å². The van der Waals surface area contributed by atoms with Crippen LogP contribution in [0.25, 0.3) is 0 Å². The predicted octanol–water partition coefficient (Wildman–Crippen LogP) is 2.43. The number of benzene rings is 1. The maximum atomic E-state index is 5.51. The summed E-state index contributed by atoms with van der Waals surface area (Å²) in [6, 6.07) is 5.71. The van der Waals surface area contributed by atoms with Crippen molar-refractivity contribution in [1.82, 2.24) is 10.7 Å². The fourth-order valence-corrected chi connectivity index (χ4v) is 2.53. The molecule has 1 aliphatic heterocycles. The van der Waals surface area contributed by atoms with Gasteiger partial charge in [0, 0.05) is 23.2 Å². The highest BCUT2D eigenvalue weighted by atomic mass is 79.9.